The highest BCUT2D eigenvalue weighted by molar-refractivity contribution is 7.93. The van der Waals surface area contributed by atoms with Crippen LogP contribution in [0.15, 0.2) is 46.0 Å². The van der Waals surface area contributed by atoms with Gasteiger partial charge < -0.3 is 5.32 Å². The molecule has 4 nitrogen and oxygen atoms in total. The van der Waals surface area contributed by atoms with Crippen molar-refractivity contribution in [2.24, 2.45) is 5.41 Å². The van der Waals surface area contributed by atoms with Crippen LogP contribution in [0, 0.1) is 11.2 Å². The lowest BCUT2D eigenvalue weighted by molar-refractivity contribution is -0.128. The number of hydrogen-bond acceptors (Lipinski definition) is 4. The van der Waals surface area contributed by atoms with Gasteiger partial charge in [-0.3, -0.25) is 4.79 Å². The Kier molecular flexibility index (Phi) is 5.45. The van der Waals surface area contributed by atoms with Crippen LogP contribution < -0.4 is 5.32 Å². The van der Waals surface area contributed by atoms with Gasteiger partial charge in [-0.25, -0.2) is 12.8 Å². The maximum Gasteiger partial charge on any atom is 0.225 e. The smallest absolute Gasteiger partial charge is 0.225 e. The summed E-state index contributed by atoms with van der Waals surface area (Å²) in [6, 6.07) is 8.51. The average Bonchev–Trinajstić information content (AvgIpc) is 3.03. The van der Waals surface area contributed by atoms with Crippen LogP contribution in [0.1, 0.15) is 31.6 Å². The van der Waals surface area contributed by atoms with Crippen LogP contribution in [-0.4, -0.2) is 20.9 Å². The zero-order valence-electron chi connectivity index (χ0n) is 13.7. The van der Waals surface area contributed by atoms with Gasteiger partial charge in [0.05, 0.1) is 0 Å². The van der Waals surface area contributed by atoms with Crippen LogP contribution in [0.3, 0.4) is 0 Å². The molecule has 0 bridgehead atoms. The Morgan fingerprint density at radius 3 is 2.33 bits per heavy atom. The Balaban J connectivity index is 2.35. The fraction of sp³-hybridized carbons (Fsp3) is 0.353. The summed E-state index contributed by atoms with van der Waals surface area (Å²) in [7, 11) is -3.68. The van der Waals surface area contributed by atoms with Crippen LogP contribution in [0.2, 0.25) is 0 Å². The van der Waals surface area contributed by atoms with E-state index in [9.17, 15) is 17.6 Å². The largest absolute Gasteiger partial charge is 0.354 e. The van der Waals surface area contributed by atoms with E-state index in [2.05, 4.69) is 5.32 Å². The molecule has 2 rings (SSSR count). The molecule has 0 saturated heterocycles. The van der Waals surface area contributed by atoms with Crippen molar-refractivity contribution in [2.75, 3.05) is 6.54 Å². The molecule has 1 amide bonds. The number of thiophene rings is 1. The Labute approximate surface area is 145 Å². The van der Waals surface area contributed by atoms with E-state index in [0.717, 1.165) is 11.3 Å². The lowest BCUT2D eigenvalue weighted by Crippen LogP contribution is -2.38. The highest BCUT2D eigenvalue weighted by Crippen LogP contribution is 2.31. The first kappa shape index (κ1) is 18.6. The first-order valence-corrected chi connectivity index (χ1v) is 9.86. The molecule has 1 aromatic heterocycles. The Bertz CT molecular complexity index is 791. The highest BCUT2D eigenvalue weighted by Gasteiger charge is 2.31. The van der Waals surface area contributed by atoms with Crippen molar-refractivity contribution in [2.45, 2.75) is 30.2 Å². The van der Waals surface area contributed by atoms with E-state index in [1.54, 1.807) is 32.2 Å². The van der Waals surface area contributed by atoms with E-state index < -0.39 is 26.3 Å². The van der Waals surface area contributed by atoms with Gasteiger partial charge in [-0.05, 0) is 29.1 Å². The third-order valence-corrected chi connectivity index (χ3v) is 7.05. The minimum Gasteiger partial charge on any atom is -0.354 e. The summed E-state index contributed by atoms with van der Waals surface area (Å²) in [5.74, 6) is -0.680. The molecule has 24 heavy (non-hydrogen) atoms. The molecule has 0 aliphatic carbocycles. The molecule has 0 radical (unpaired) electrons. The van der Waals surface area contributed by atoms with Crippen molar-refractivity contribution in [1.29, 1.82) is 0 Å². The topological polar surface area (TPSA) is 63.2 Å². The standard InChI is InChI=1S/C17H20FNO3S2/c1-17(2,3)16(20)19-11-14(12-6-8-13(18)9-7-12)24(21,22)15-5-4-10-23-15/h4-10,14H,11H2,1-3H3,(H,19,20). The van der Waals surface area contributed by atoms with Crippen molar-refractivity contribution >= 4 is 27.1 Å². The van der Waals surface area contributed by atoms with E-state index >= 15 is 0 Å². The third-order valence-electron chi connectivity index (χ3n) is 3.52. The number of carbonyl (C=O) groups excluding carboxylic acids is 1. The Morgan fingerprint density at radius 1 is 1.21 bits per heavy atom. The summed E-state index contributed by atoms with van der Waals surface area (Å²) in [5.41, 5.74) is -0.181. The molecule has 1 heterocycles. The van der Waals surface area contributed by atoms with Crippen LogP contribution in [0.4, 0.5) is 4.39 Å². The molecule has 1 aromatic carbocycles. The number of sulfone groups is 1. The average molecular weight is 369 g/mol. The minimum atomic E-state index is -3.68. The summed E-state index contributed by atoms with van der Waals surface area (Å²) >= 11 is 1.12. The first-order valence-electron chi connectivity index (χ1n) is 7.43. The van der Waals surface area contributed by atoms with E-state index in [1.165, 1.54) is 30.3 Å². The molecule has 1 N–H and O–H groups in total. The number of hydrogen-bond donors (Lipinski definition) is 1. The first-order chi connectivity index (χ1) is 11.1. The number of carbonyl (C=O) groups is 1. The molecular weight excluding hydrogens is 349 g/mol. The molecule has 0 spiro atoms. The Morgan fingerprint density at radius 2 is 1.83 bits per heavy atom. The van der Waals surface area contributed by atoms with Gasteiger partial charge in [-0.15, -0.1) is 11.3 Å². The second-order valence-electron chi connectivity index (χ2n) is 6.48. The highest BCUT2D eigenvalue weighted by atomic mass is 32.2. The molecule has 1 atom stereocenters. The lowest BCUT2D eigenvalue weighted by atomic mass is 9.95. The third kappa shape index (κ3) is 4.21. The van der Waals surface area contributed by atoms with E-state index in [1.807, 2.05) is 0 Å². The summed E-state index contributed by atoms with van der Waals surface area (Å²) < 4.78 is 39.2. The van der Waals surface area contributed by atoms with Crippen LogP contribution in [0.5, 0.6) is 0 Å². The fourth-order valence-corrected chi connectivity index (χ4v) is 4.97. The Hall–Kier alpha value is -1.73. The SMILES string of the molecule is CC(C)(C)C(=O)NCC(c1ccc(F)cc1)S(=O)(=O)c1cccs1. The van der Waals surface area contributed by atoms with Crippen LogP contribution in [-0.2, 0) is 14.6 Å². The van der Waals surface area contributed by atoms with Gasteiger partial charge in [-0.1, -0.05) is 39.0 Å². The van der Waals surface area contributed by atoms with Crippen molar-refractivity contribution in [3.8, 4) is 0 Å². The molecule has 0 fully saturated rings. The molecule has 0 aliphatic rings. The van der Waals surface area contributed by atoms with Gasteiger partial charge >= 0.3 is 0 Å². The number of nitrogens with one attached hydrogen (secondary N) is 1. The van der Waals surface area contributed by atoms with Gasteiger partial charge in [0, 0.05) is 12.0 Å². The molecule has 2 aromatic rings. The van der Waals surface area contributed by atoms with Crippen LogP contribution in [0.25, 0.3) is 0 Å². The molecule has 130 valence electrons. The molecule has 1 unspecified atom stereocenters. The van der Waals surface area contributed by atoms with Gasteiger partial charge in [0.15, 0.2) is 9.84 Å². The van der Waals surface area contributed by atoms with Crippen molar-refractivity contribution in [3.63, 3.8) is 0 Å². The summed E-state index contributed by atoms with van der Waals surface area (Å²) in [6.45, 7) is 5.19. The minimum absolute atomic E-state index is 0.0675. The van der Waals surface area contributed by atoms with Crippen molar-refractivity contribution in [3.05, 3.63) is 53.2 Å². The zero-order valence-corrected chi connectivity index (χ0v) is 15.4. The van der Waals surface area contributed by atoms with E-state index in [4.69, 9.17) is 0 Å². The molecule has 7 heteroatoms. The molecule has 0 saturated carbocycles. The van der Waals surface area contributed by atoms with E-state index in [-0.39, 0.29) is 16.7 Å². The number of amides is 1. The molecule has 0 aliphatic heterocycles. The van der Waals surface area contributed by atoms with Crippen molar-refractivity contribution in [1.82, 2.24) is 5.32 Å². The molecular formula is C17H20FNO3S2. The summed E-state index contributed by atoms with van der Waals surface area (Å²) in [6.07, 6.45) is 0. The normalized spacial score (nSPS) is 13.5. The summed E-state index contributed by atoms with van der Waals surface area (Å²) in [5, 5.41) is 3.41. The maximum absolute atomic E-state index is 13.2. The maximum atomic E-state index is 13.2. The van der Waals surface area contributed by atoms with Crippen LogP contribution >= 0.6 is 11.3 Å². The van der Waals surface area contributed by atoms with Gasteiger partial charge in [0.2, 0.25) is 5.91 Å². The second-order valence-corrected chi connectivity index (χ2v) is 9.78. The van der Waals surface area contributed by atoms with Gasteiger partial charge in [-0.2, -0.15) is 0 Å². The van der Waals surface area contributed by atoms with Gasteiger partial charge in [0.25, 0.3) is 0 Å². The summed E-state index contributed by atoms with van der Waals surface area (Å²) in [4.78, 5) is 12.1. The predicted molar refractivity (Wildman–Crippen MR) is 93.1 cm³/mol. The predicted octanol–water partition coefficient (Wildman–Crippen LogP) is 3.56. The number of benzene rings is 1. The van der Waals surface area contributed by atoms with Gasteiger partial charge in [0.1, 0.15) is 15.3 Å². The monoisotopic (exact) mass is 369 g/mol. The quantitative estimate of drug-likeness (QED) is 0.876. The van der Waals surface area contributed by atoms with Crippen molar-refractivity contribution < 1.29 is 17.6 Å². The number of halogens is 1. The van der Waals surface area contributed by atoms with E-state index in [0.29, 0.717) is 5.56 Å². The zero-order chi connectivity index (χ0) is 18.0. The lowest BCUT2D eigenvalue weighted by Gasteiger charge is -2.22. The second kappa shape index (κ2) is 7.03. The fourth-order valence-electron chi connectivity index (χ4n) is 2.10. The number of rotatable bonds is 5.